The van der Waals surface area contributed by atoms with Gasteiger partial charge in [-0.05, 0) is 19.8 Å². The molecule has 1 heterocycles. The van der Waals surface area contributed by atoms with E-state index in [1.165, 1.54) is 0 Å². The van der Waals surface area contributed by atoms with Crippen molar-refractivity contribution in [2.45, 2.75) is 26.0 Å². The number of carbonyl (C=O) groups is 1. The average molecular weight is 185 g/mol. The largest absolute Gasteiger partial charge is 0.478 e. The van der Waals surface area contributed by atoms with E-state index < -0.39 is 5.97 Å². The molecule has 0 amide bonds. The molecular weight excluding hydrogens is 170 g/mol. The Morgan fingerprint density at radius 2 is 2.54 bits per heavy atom. The van der Waals surface area contributed by atoms with Gasteiger partial charge < -0.3 is 9.84 Å². The highest BCUT2D eigenvalue weighted by atomic mass is 16.5. The summed E-state index contributed by atoms with van der Waals surface area (Å²) in [5, 5.41) is 11.7. The lowest BCUT2D eigenvalue weighted by atomic mass is 10.2. The van der Waals surface area contributed by atoms with Gasteiger partial charge in [0.15, 0.2) is 0 Å². The van der Waals surface area contributed by atoms with Crippen molar-refractivity contribution in [2.24, 2.45) is 0 Å². The lowest BCUT2D eigenvalue weighted by molar-refractivity contribution is -0.132. The van der Waals surface area contributed by atoms with Crippen LogP contribution in [0.2, 0.25) is 0 Å². The molecular formula is C9H15NO3. The Hall–Kier alpha value is -0.870. The summed E-state index contributed by atoms with van der Waals surface area (Å²) in [6.45, 7) is 3.25. The van der Waals surface area contributed by atoms with Crippen molar-refractivity contribution < 1.29 is 14.6 Å². The SMILES string of the molecule is CC(=CCCC1NCCO1)C(=O)O. The van der Waals surface area contributed by atoms with Crippen LogP contribution in [0.25, 0.3) is 0 Å². The van der Waals surface area contributed by atoms with Gasteiger partial charge >= 0.3 is 5.97 Å². The van der Waals surface area contributed by atoms with E-state index in [4.69, 9.17) is 9.84 Å². The molecule has 13 heavy (non-hydrogen) atoms. The molecule has 0 spiro atoms. The second kappa shape index (κ2) is 4.99. The molecule has 4 nitrogen and oxygen atoms in total. The fourth-order valence-corrected chi connectivity index (χ4v) is 1.20. The molecule has 2 N–H and O–H groups in total. The van der Waals surface area contributed by atoms with E-state index in [0.29, 0.717) is 5.57 Å². The van der Waals surface area contributed by atoms with Gasteiger partial charge in [0.05, 0.1) is 6.61 Å². The van der Waals surface area contributed by atoms with Crippen molar-refractivity contribution >= 4 is 5.97 Å². The summed E-state index contributed by atoms with van der Waals surface area (Å²) in [5.74, 6) is -0.847. The number of rotatable bonds is 4. The Bertz CT molecular complexity index is 207. The van der Waals surface area contributed by atoms with E-state index in [9.17, 15) is 4.79 Å². The maximum absolute atomic E-state index is 10.4. The third kappa shape index (κ3) is 3.57. The normalized spacial score (nSPS) is 23.5. The van der Waals surface area contributed by atoms with Gasteiger partial charge in [0.2, 0.25) is 0 Å². The van der Waals surface area contributed by atoms with Crippen molar-refractivity contribution in [2.75, 3.05) is 13.2 Å². The fourth-order valence-electron chi connectivity index (χ4n) is 1.20. The maximum Gasteiger partial charge on any atom is 0.330 e. The molecule has 0 saturated carbocycles. The maximum atomic E-state index is 10.4. The smallest absolute Gasteiger partial charge is 0.330 e. The molecule has 1 unspecified atom stereocenters. The van der Waals surface area contributed by atoms with E-state index in [2.05, 4.69) is 5.32 Å². The minimum absolute atomic E-state index is 0.109. The molecule has 1 aliphatic rings. The van der Waals surface area contributed by atoms with Gasteiger partial charge in [-0.2, -0.15) is 0 Å². The van der Waals surface area contributed by atoms with Crippen molar-refractivity contribution in [3.63, 3.8) is 0 Å². The number of aliphatic carboxylic acids is 1. The van der Waals surface area contributed by atoms with Gasteiger partial charge in [0.25, 0.3) is 0 Å². The van der Waals surface area contributed by atoms with Crippen LogP contribution in [0.5, 0.6) is 0 Å². The Morgan fingerprint density at radius 3 is 3.08 bits per heavy atom. The van der Waals surface area contributed by atoms with E-state index in [1.807, 2.05) is 0 Å². The van der Waals surface area contributed by atoms with Crippen LogP contribution >= 0.6 is 0 Å². The Kier molecular flexibility index (Phi) is 3.92. The van der Waals surface area contributed by atoms with Gasteiger partial charge in [0, 0.05) is 12.1 Å². The standard InChI is InChI=1S/C9H15NO3/c1-7(9(11)12)3-2-4-8-10-5-6-13-8/h3,8,10H,2,4-6H2,1H3,(H,11,12). The van der Waals surface area contributed by atoms with Crippen LogP contribution < -0.4 is 5.32 Å². The number of carboxylic acid groups (broad SMARTS) is 1. The number of hydrogen-bond acceptors (Lipinski definition) is 3. The summed E-state index contributed by atoms with van der Waals surface area (Å²) in [6.07, 6.45) is 3.42. The number of allylic oxidation sites excluding steroid dienone is 1. The Morgan fingerprint density at radius 1 is 1.77 bits per heavy atom. The third-order valence-electron chi connectivity index (χ3n) is 2.01. The topological polar surface area (TPSA) is 58.6 Å². The van der Waals surface area contributed by atoms with Crippen molar-refractivity contribution in [3.05, 3.63) is 11.6 Å². The number of ether oxygens (including phenoxy) is 1. The molecule has 1 atom stereocenters. The van der Waals surface area contributed by atoms with Crippen LogP contribution in [-0.2, 0) is 9.53 Å². The Labute approximate surface area is 77.6 Å². The van der Waals surface area contributed by atoms with Crippen LogP contribution in [0.1, 0.15) is 19.8 Å². The van der Waals surface area contributed by atoms with E-state index in [0.717, 1.165) is 26.0 Å². The number of carboxylic acids is 1. The first-order valence-corrected chi connectivity index (χ1v) is 4.45. The van der Waals surface area contributed by atoms with E-state index in [-0.39, 0.29) is 6.23 Å². The van der Waals surface area contributed by atoms with Crippen LogP contribution in [-0.4, -0.2) is 30.5 Å². The van der Waals surface area contributed by atoms with Crippen molar-refractivity contribution in [1.82, 2.24) is 5.32 Å². The molecule has 0 aromatic heterocycles. The molecule has 1 saturated heterocycles. The lowest BCUT2D eigenvalue weighted by Gasteiger charge is -2.06. The van der Waals surface area contributed by atoms with Gasteiger partial charge in [-0.15, -0.1) is 0 Å². The quantitative estimate of drug-likeness (QED) is 0.634. The summed E-state index contributed by atoms with van der Waals surface area (Å²) < 4.78 is 5.31. The van der Waals surface area contributed by atoms with Crippen molar-refractivity contribution in [3.8, 4) is 0 Å². The summed E-state index contributed by atoms with van der Waals surface area (Å²) in [7, 11) is 0. The third-order valence-corrected chi connectivity index (χ3v) is 2.01. The first kappa shape index (κ1) is 10.2. The summed E-state index contributed by atoms with van der Waals surface area (Å²) in [6, 6.07) is 0. The zero-order chi connectivity index (χ0) is 9.68. The average Bonchev–Trinajstić information content (AvgIpc) is 2.56. The van der Waals surface area contributed by atoms with Gasteiger partial charge in [-0.25, -0.2) is 4.79 Å². The first-order chi connectivity index (χ1) is 6.20. The zero-order valence-corrected chi connectivity index (χ0v) is 7.75. The monoisotopic (exact) mass is 185 g/mol. The van der Waals surface area contributed by atoms with E-state index in [1.54, 1.807) is 13.0 Å². The summed E-state index contributed by atoms with van der Waals surface area (Å²) in [4.78, 5) is 10.4. The second-order valence-electron chi connectivity index (χ2n) is 3.08. The molecule has 4 heteroatoms. The van der Waals surface area contributed by atoms with Crippen molar-refractivity contribution in [1.29, 1.82) is 0 Å². The molecule has 0 radical (unpaired) electrons. The zero-order valence-electron chi connectivity index (χ0n) is 7.75. The molecule has 1 rings (SSSR count). The second-order valence-corrected chi connectivity index (χ2v) is 3.08. The predicted molar refractivity (Wildman–Crippen MR) is 48.4 cm³/mol. The minimum Gasteiger partial charge on any atom is -0.478 e. The van der Waals surface area contributed by atoms with E-state index >= 15 is 0 Å². The molecule has 1 fully saturated rings. The highest BCUT2D eigenvalue weighted by Crippen LogP contribution is 2.06. The molecule has 0 aromatic rings. The van der Waals surface area contributed by atoms with Gasteiger partial charge in [0.1, 0.15) is 6.23 Å². The van der Waals surface area contributed by atoms with Gasteiger partial charge in [-0.3, -0.25) is 5.32 Å². The molecule has 74 valence electrons. The minimum atomic E-state index is -0.847. The lowest BCUT2D eigenvalue weighted by Crippen LogP contribution is -2.21. The summed E-state index contributed by atoms with van der Waals surface area (Å²) in [5.41, 5.74) is 0.401. The molecule has 0 bridgehead atoms. The van der Waals surface area contributed by atoms with Crippen LogP contribution in [0.4, 0.5) is 0 Å². The highest BCUT2D eigenvalue weighted by molar-refractivity contribution is 5.85. The highest BCUT2D eigenvalue weighted by Gasteiger charge is 2.12. The first-order valence-electron chi connectivity index (χ1n) is 4.45. The molecule has 0 aliphatic carbocycles. The Balaban J connectivity index is 2.18. The molecule has 0 aromatic carbocycles. The van der Waals surface area contributed by atoms with Crippen LogP contribution in [0, 0.1) is 0 Å². The van der Waals surface area contributed by atoms with Gasteiger partial charge in [-0.1, -0.05) is 6.08 Å². The predicted octanol–water partition coefficient (Wildman–Crippen LogP) is 0.743. The number of nitrogens with one attached hydrogen (secondary N) is 1. The summed E-state index contributed by atoms with van der Waals surface area (Å²) >= 11 is 0. The molecule has 1 aliphatic heterocycles. The van der Waals surface area contributed by atoms with Crippen LogP contribution in [0.15, 0.2) is 11.6 Å². The number of hydrogen-bond donors (Lipinski definition) is 2. The fraction of sp³-hybridized carbons (Fsp3) is 0.667. The van der Waals surface area contributed by atoms with Crippen LogP contribution in [0.3, 0.4) is 0 Å².